The Hall–Kier alpha value is -0.610. The molecule has 104 valence electrons. The van der Waals surface area contributed by atoms with E-state index in [9.17, 15) is 4.39 Å². The van der Waals surface area contributed by atoms with E-state index in [2.05, 4.69) is 50.0 Å². The van der Waals surface area contributed by atoms with Crippen LogP contribution in [0.5, 0.6) is 0 Å². The van der Waals surface area contributed by atoms with E-state index < -0.39 is 5.67 Å². The molecule has 0 bridgehead atoms. The van der Waals surface area contributed by atoms with Gasteiger partial charge in [0.15, 0.2) is 0 Å². The summed E-state index contributed by atoms with van der Waals surface area (Å²) in [6.45, 7) is 4.58. The van der Waals surface area contributed by atoms with Gasteiger partial charge in [0, 0.05) is 42.9 Å². The highest BCUT2D eigenvalue weighted by atomic mass is 79.9. The Morgan fingerprint density at radius 1 is 1.05 bits per heavy atom. The first-order valence-electron chi connectivity index (χ1n) is 7.06. The minimum atomic E-state index is -0.875. The Morgan fingerprint density at radius 2 is 1.68 bits per heavy atom. The molecule has 4 heteroatoms. The number of hydrogen-bond acceptors (Lipinski definition) is 2. The van der Waals surface area contributed by atoms with Crippen LogP contribution in [-0.2, 0) is 0 Å². The van der Waals surface area contributed by atoms with Crippen LogP contribution in [0.2, 0.25) is 0 Å². The van der Waals surface area contributed by atoms with Gasteiger partial charge in [-0.2, -0.15) is 0 Å². The minimum Gasteiger partial charge on any atom is -0.369 e. The summed E-state index contributed by atoms with van der Waals surface area (Å²) in [5.74, 6) is 0. The molecule has 0 aromatic heterocycles. The van der Waals surface area contributed by atoms with Crippen LogP contribution >= 0.6 is 15.9 Å². The lowest BCUT2D eigenvalue weighted by atomic mass is 9.81. The number of rotatable bonds is 3. The summed E-state index contributed by atoms with van der Waals surface area (Å²) in [5, 5.41) is 0. The lowest BCUT2D eigenvalue weighted by Crippen LogP contribution is -2.52. The molecule has 19 heavy (non-hydrogen) atoms. The molecule has 2 fully saturated rings. The fraction of sp³-hybridized carbons (Fsp3) is 0.600. The number of anilines is 1. The molecular formula is C15H20BrFN2. The minimum absolute atomic E-state index is 0.640. The van der Waals surface area contributed by atoms with Crippen molar-refractivity contribution in [3.63, 3.8) is 0 Å². The molecule has 1 aromatic carbocycles. The zero-order valence-corrected chi connectivity index (χ0v) is 12.7. The lowest BCUT2D eigenvalue weighted by molar-refractivity contribution is 0.0191. The third-order valence-electron chi connectivity index (χ3n) is 4.32. The van der Waals surface area contributed by atoms with E-state index in [0.29, 0.717) is 6.54 Å². The van der Waals surface area contributed by atoms with Crippen LogP contribution in [0.25, 0.3) is 0 Å². The highest BCUT2D eigenvalue weighted by Gasteiger charge is 2.39. The summed E-state index contributed by atoms with van der Waals surface area (Å²) in [6.07, 6.45) is 2.59. The Bertz CT molecular complexity index is 422. The fourth-order valence-electron chi connectivity index (χ4n) is 2.94. The topological polar surface area (TPSA) is 6.48 Å². The molecule has 2 aliphatic rings. The number of nitrogens with zero attached hydrogens (tertiary/aromatic N) is 2. The Balaban J connectivity index is 1.53. The molecule has 0 unspecified atom stereocenters. The molecule has 0 radical (unpaired) electrons. The van der Waals surface area contributed by atoms with Gasteiger partial charge in [0.1, 0.15) is 5.67 Å². The van der Waals surface area contributed by atoms with Crippen molar-refractivity contribution in [1.82, 2.24) is 4.90 Å². The van der Waals surface area contributed by atoms with Gasteiger partial charge in [-0.3, -0.25) is 4.90 Å². The quantitative estimate of drug-likeness (QED) is 0.839. The van der Waals surface area contributed by atoms with Gasteiger partial charge in [0.05, 0.1) is 0 Å². The maximum Gasteiger partial charge on any atom is 0.123 e. The summed E-state index contributed by atoms with van der Waals surface area (Å²) in [7, 11) is 0. The smallest absolute Gasteiger partial charge is 0.123 e. The Labute approximate surface area is 122 Å². The van der Waals surface area contributed by atoms with E-state index in [1.54, 1.807) is 0 Å². The molecule has 0 N–H and O–H groups in total. The highest BCUT2D eigenvalue weighted by molar-refractivity contribution is 9.10. The van der Waals surface area contributed by atoms with Crippen molar-refractivity contribution in [3.05, 3.63) is 28.7 Å². The van der Waals surface area contributed by atoms with Gasteiger partial charge in [0.25, 0.3) is 0 Å². The van der Waals surface area contributed by atoms with Gasteiger partial charge in [-0.25, -0.2) is 4.39 Å². The molecule has 0 spiro atoms. The SMILES string of the molecule is FC1(CN2CCN(c3ccc(Br)cc3)CC2)CCC1. The van der Waals surface area contributed by atoms with Crippen molar-refractivity contribution in [2.75, 3.05) is 37.6 Å². The summed E-state index contributed by atoms with van der Waals surface area (Å²) in [5.41, 5.74) is 0.390. The van der Waals surface area contributed by atoms with Gasteiger partial charge >= 0.3 is 0 Å². The molecular weight excluding hydrogens is 307 g/mol. The van der Waals surface area contributed by atoms with Gasteiger partial charge < -0.3 is 4.90 Å². The molecule has 1 aliphatic heterocycles. The van der Waals surface area contributed by atoms with E-state index in [0.717, 1.165) is 49.9 Å². The largest absolute Gasteiger partial charge is 0.369 e. The van der Waals surface area contributed by atoms with Crippen LogP contribution in [0.3, 0.4) is 0 Å². The number of hydrogen-bond donors (Lipinski definition) is 0. The van der Waals surface area contributed by atoms with Gasteiger partial charge in [-0.05, 0) is 43.5 Å². The van der Waals surface area contributed by atoms with E-state index in [-0.39, 0.29) is 0 Å². The molecule has 0 amide bonds. The number of piperazine rings is 1. The van der Waals surface area contributed by atoms with Crippen molar-refractivity contribution in [2.24, 2.45) is 0 Å². The van der Waals surface area contributed by atoms with Crippen molar-refractivity contribution in [3.8, 4) is 0 Å². The Kier molecular flexibility index (Phi) is 3.81. The molecule has 0 atom stereocenters. The maximum atomic E-state index is 14.1. The van der Waals surface area contributed by atoms with Crippen LogP contribution in [0.4, 0.5) is 10.1 Å². The highest BCUT2D eigenvalue weighted by Crippen LogP contribution is 2.36. The fourth-order valence-corrected chi connectivity index (χ4v) is 3.20. The van der Waals surface area contributed by atoms with Crippen molar-refractivity contribution in [2.45, 2.75) is 24.9 Å². The van der Waals surface area contributed by atoms with E-state index in [4.69, 9.17) is 0 Å². The van der Waals surface area contributed by atoms with Gasteiger partial charge in [-0.15, -0.1) is 0 Å². The summed E-state index contributed by atoms with van der Waals surface area (Å²) in [6, 6.07) is 8.43. The second-order valence-electron chi connectivity index (χ2n) is 5.74. The predicted molar refractivity (Wildman–Crippen MR) is 80.5 cm³/mol. The van der Waals surface area contributed by atoms with Crippen LogP contribution in [0.1, 0.15) is 19.3 Å². The standard InChI is InChI=1S/C15H20BrFN2/c16-13-2-4-14(5-3-13)19-10-8-18(9-11-19)12-15(17)6-1-7-15/h2-5H,1,6-12H2. The van der Waals surface area contributed by atoms with Gasteiger partial charge in [-0.1, -0.05) is 15.9 Å². The van der Waals surface area contributed by atoms with Crippen LogP contribution in [0, 0.1) is 0 Å². The van der Waals surface area contributed by atoms with Crippen molar-refractivity contribution >= 4 is 21.6 Å². The summed E-state index contributed by atoms with van der Waals surface area (Å²) in [4.78, 5) is 4.67. The number of halogens is 2. The molecule has 1 heterocycles. The van der Waals surface area contributed by atoms with Crippen molar-refractivity contribution in [1.29, 1.82) is 0 Å². The maximum absolute atomic E-state index is 14.1. The number of alkyl halides is 1. The Morgan fingerprint density at radius 3 is 2.21 bits per heavy atom. The van der Waals surface area contributed by atoms with Crippen LogP contribution < -0.4 is 4.90 Å². The zero-order chi connectivity index (χ0) is 13.3. The number of benzene rings is 1. The van der Waals surface area contributed by atoms with E-state index >= 15 is 0 Å². The summed E-state index contributed by atoms with van der Waals surface area (Å²) < 4.78 is 15.2. The van der Waals surface area contributed by atoms with Gasteiger partial charge in [0.2, 0.25) is 0 Å². The first kappa shape index (κ1) is 13.4. The van der Waals surface area contributed by atoms with Crippen molar-refractivity contribution < 1.29 is 4.39 Å². The molecule has 1 saturated carbocycles. The van der Waals surface area contributed by atoms with Crippen LogP contribution in [0.15, 0.2) is 28.7 Å². The second kappa shape index (κ2) is 5.41. The predicted octanol–water partition coefficient (Wildman–Crippen LogP) is 3.46. The lowest BCUT2D eigenvalue weighted by Gasteiger charge is -2.42. The molecule has 3 rings (SSSR count). The summed E-state index contributed by atoms with van der Waals surface area (Å²) >= 11 is 3.46. The zero-order valence-electron chi connectivity index (χ0n) is 11.1. The molecule has 1 aromatic rings. The molecule has 1 saturated heterocycles. The first-order chi connectivity index (χ1) is 9.15. The average molecular weight is 327 g/mol. The second-order valence-corrected chi connectivity index (χ2v) is 6.66. The normalized spacial score (nSPS) is 23.2. The third-order valence-corrected chi connectivity index (χ3v) is 4.85. The first-order valence-corrected chi connectivity index (χ1v) is 7.86. The van der Waals surface area contributed by atoms with E-state index in [1.165, 1.54) is 5.69 Å². The molecule has 1 aliphatic carbocycles. The van der Waals surface area contributed by atoms with Crippen LogP contribution in [-0.4, -0.2) is 43.3 Å². The van der Waals surface area contributed by atoms with E-state index in [1.807, 2.05) is 0 Å². The monoisotopic (exact) mass is 326 g/mol. The average Bonchev–Trinajstić information content (AvgIpc) is 2.39. The molecule has 2 nitrogen and oxygen atoms in total. The third kappa shape index (κ3) is 3.11.